The van der Waals surface area contributed by atoms with Crippen molar-refractivity contribution in [2.24, 2.45) is 7.05 Å². The number of aliphatic hydroxyl groups is 1. The average molecular weight is 382 g/mol. The van der Waals surface area contributed by atoms with Gasteiger partial charge in [0, 0.05) is 25.4 Å². The highest BCUT2D eigenvalue weighted by molar-refractivity contribution is 6.12. The fourth-order valence-corrected chi connectivity index (χ4v) is 2.93. The van der Waals surface area contributed by atoms with Crippen LogP contribution in [0.25, 0.3) is 11.0 Å². The zero-order chi connectivity index (χ0) is 20.1. The lowest BCUT2D eigenvalue weighted by molar-refractivity contribution is -0.142. The number of hydrogen-bond donors (Lipinski definition) is 2. The quantitative estimate of drug-likeness (QED) is 0.454. The number of nitrogens with one attached hydrogen (secondary N) is 1. The summed E-state index contributed by atoms with van der Waals surface area (Å²) in [4.78, 5) is 33.1. The van der Waals surface area contributed by atoms with Gasteiger partial charge in [0.1, 0.15) is 18.2 Å². The first-order chi connectivity index (χ1) is 13.5. The zero-order valence-corrected chi connectivity index (χ0v) is 15.8. The number of carbonyl (C=O) groups excluding carboxylic acids is 2. The molecule has 0 aliphatic carbocycles. The Labute approximate surface area is 162 Å². The van der Waals surface area contributed by atoms with E-state index in [0.29, 0.717) is 41.4 Å². The third-order valence-corrected chi connectivity index (χ3v) is 4.36. The van der Waals surface area contributed by atoms with Crippen LogP contribution in [0.4, 0.5) is 5.82 Å². The summed E-state index contributed by atoms with van der Waals surface area (Å²) in [5, 5.41) is 12.4. The van der Waals surface area contributed by atoms with Gasteiger partial charge in [-0.15, -0.1) is 0 Å². The number of ketones is 1. The number of nitrogens with zero attached hydrogens (tertiary/aromatic N) is 3. The molecule has 3 rings (SSSR count). The van der Waals surface area contributed by atoms with Gasteiger partial charge >= 0.3 is 5.97 Å². The smallest absolute Gasteiger partial charge is 0.307 e. The molecule has 0 unspecified atom stereocenters. The monoisotopic (exact) mass is 382 g/mol. The highest BCUT2D eigenvalue weighted by Crippen LogP contribution is 2.21. The molecule has 0 saturated carbocycles. The summed E-state index contributed by atoms with van der Waals surface area (Å²) in [7, 11) is 1.81. The largest absolute Gasteiger partial charge is 0.466 e. The normalized spacial score (nSPS) is 10.8. The lowest BCUT2D eigenvalue weighted by atomic mass is 10.0. The molecule has 0 aliphatic heterocycles. The van der Waals surface area contributed by atoms with E-state index in [0.717, 1.165) is 5.52 Å². The molecule has 2 heterocycles. The minimum absolute atomic E-state index is 0.175. The molecule has 2 N–H and O–H groups in total. The molecule has 28 heavy (non-hydrogen) atoms. The SMILES string of the molecule is CCOC(=O)CCNc1ncccc1C(=O)c1ccc2c(c1)nc(CO)n2C. The molecule has 3 aromatic rings. The molecule has 0 atom stereocenters. The zero-order valence-electron chi connectivity index (χ0n) is 15.8. The topological polar surface area (TPSA) is 106 Å². The van der Waals surface area contributed by atoms with Gasteiger partial charge in [-0.3, -0.25) is 9.59 Å². The molecule has 0 amide bonds. The first kappa shape index (κ1) is 19.5. The molecule has 2 aromatic heterocycles. The summed E-state index contributed by atoms with van der Waals surface area (Å²) in [6.45, 7) is 2.23. The number of benzene rings is 1. The van der Waals surface area contributed by atoms with E-state index in [2.05, 4.69) is 15.3 Å². The van der Waals surface area contributed by atoms with Crippen molar-refractivity contribution < 1.29 is 19.4 Å². The predicted molar refractivity (Wildman–Crippen MR) is 104 cm³/mol. The van der Waals surface area contributed by atoms with Crippen molar-refractivity contribution in [3.63, 3.8) is 0 Å². The Hall–Kier alpha value is -3.26. The number of anilines is 1. The number of esters is 1. The summed E-state index contributed by atoms with van der Waals surface area (Å²) < 4.78 is 6.68. The summed E-state index contributed by atoms with van der Waals surface area (Å²) in [6, 6.07) is 8.60. The van der Waals surface area contributed by atoms with Crippen molar-refractivity contribution in [1.29, 1.82) is 0 Å². The second-order valence-electron chi connectivity index (χ2n) is 6.16. The van der Waals surface area contributed by atoms with Crippen LogP contribution in [0.2, 0.25) is 0 Å². The van der Waals surface area contributed by atoms with Crippen LogP contribution in [0, 0.1) is 0 Å². The standard InChI is InChI=1S/C20H22N4O4/c1-3-28-18(26)8-10-22-20-14(5-4-9-21-20)19(27)13-6-7-16-15(11-13)23-17(12-25)24(16)2/h4-7,9,11,25H,3,8,10,12H2,1-2H3,(H,21,22). The summed E-state index contributed by atoms with van der Waals surface area (Å²) in [5.41, 5.74) is 2.35. The van der Waals surface area contributed by atoms with Crippen LogP contribution in [-0.4, -0.2) is 44.5 Å². The van der Waals surface area contributed by atoms with Gasteiger partial charge in [0.05, 0.1) is 29.6 Å². The number of carbonyl (C=O) groups is 2. The van der Waals surface area contributed by atoms with Gasteiger partial charge < -0.3 is 19.7 Å². The van der Waals surface area contributed by atoms with Crippen LogP contribution in [0.1, 0.15) is 35.1 Å². The second-order valence-corrected chi connectivity index (χ2v) is 6.16. The maximum Gasteiger partial charge on any atom is 0.307 e. The van der Waals surface area contributed by atoms with Crippen LogP contribution in [0.15, 0.2) is 36.5 Å². The van der Waals surface area contributed by atoms with Crippen molar-refractivity contribution in [2.45, 2.75) is 20.0 Å². The number of aliphatic hydroxyl groups excluding tert-OH is 1. The van der Waals surface area contributed by atoms with Crippen molar-refractivity contribution in [1.82, 2.24) is 14.5 Å². The van der Waals surface area contributed by atoms with E-state index >= 15 is 0 Å². The number of aromatic nitrogens is 3. The molecule has 0 bridgehead atoms. The lowest BCUT2D eigenvalue weighted by Crippen LogP contribution is -2.14. The molecular weight excluding hydrogens is 360 g/mol. The maximum atomic E-state index is 13.0. The van der Waals surface area contributed by atoms with Gasteiger partial charge in [0.2, 0.25) is 0 Å². The van der Waals surface area contributed by atoms with E-state index < -0.39 is 0 Å². The van der Waals surface area contributed by atoms with Gasteiger partial charge in [-0.25, -0.2) is 9.97 Å². The third-order valence-electron chi connectivity index (χ3n) is 4.36. The van der Waals surface area contributed by atoms with Gasteiger partial charge in [-0.05, 0) is 37.3 Å². The first-order valence-corrected chi connectivity index (χ1v) is 9.00. The van der Waals surface area contributed by atoms with E-state index in [4.69, 9.17) is 4.74 Å². The Morgan fingerprint density at radius 1 is 1.29 bits per heavy atom. The number of fused-ring (bicyclic) bond motifs is 1. The van der Waals surface area contributed by atoms with Crippen LogP contribution in [0.5, 0.6) is 0 Å². The Balaban J connectivity index is 1.82. The molecule has 0 fully saturated rings. The van der Waals surface area contributed by atoms with Gasteiger partial charge in [-0.2, -0.15) is 0 Å². The maximum absolute atomic E-state index is 13.0. The van der Waals surface area contributed by atoms with E-state index in [1.165, 1.54) is 0 Å². The van der Waals surface area contributed by atoms with E-state index in [1.807, 2.05) is 7.05 Å². The van der Waals surface area contributed by atoms with E-state index in [1.54, 1.807) is 48.0 Å². The minimum Gasteiger partial charge on any atom is -0.466 e. The Kier molecular flexibility index (Phi) is 6.00. The fourth-order valence-electron chi connectivity index (χ4n) is 2.93. The summed E-state index contributed by atoms with van der Waals surface area (Å²) in [6.07, 6.45) is 1.76. The van der Waals surface area contributed by atoms with Crippen LogP contribution < -0.4 is 5.32 Å². The van der Waals surface area contributed by atoms with Crippen LogP contribution in [-0.2, 0) is 23.2 Å². The molecule has 0 saturated heterocycles. The molecular formula is C20H22N4O4. The van der Waals surface area contributed by atoms with Gasteiger partial charge in [-0.1, -0.05) is 0 Å². The lowest BCUT2D eigenvalue weighted by Gasteiger charge is -2.10. The first-order valence-electron chi connectivity index (χ1n) is 9.00. The van der Waals surface area contributed by atoms with Crippen LogP contribution >= 0.6 is 0 Å². The van der Waals surface area contributed by atoms with Gasteiger partial charge in [0.25, 0.3) is 0 Å². The summed E-state index contributed by atoms with van der Waals surface area (Å²) >= 11 is 0. The molecule has 8 nitrogen and oxygen atoms in total. The second kappa shape index (κ2) is 8.62. The summed E-state index contributed by atoms with van der Waals surface area (Å²) in [5.74, 6) is 0.431. The molecule has 8 heteroatoms. The molecule has 146 valence electrons. The number of hydrogen-bond acceptors (Lipinski definition) is 7. The third kappa shape index (κ3) is 4.01. The van der Waals surface area contributed by atoms with Crippen molar-refractivity contribution in [2.75, 3.05) is 18.5 Å². The highest BCUT2D eigenvalue weighted by atomic mass is 16.5. The number of rotatable bonds is 8. The number of aryl methyl sites for hydroxylation is 1. The number of pyridine rings is 1. The van der Waals surface area contributed by atoms with Crippen molar-refractivity contribution in [3.8, 4) is 0 Å². The van der Waals surface area contributed by atoms with E-state index in [9.17, 15) is 14.7 Å². The average Bonchev–Trinajstić information content (AvgIpc) is 3.03. The Morgan fingerprint density at radius 3 is 2.86 bits per heavy atom. The number of ether oxygens (including phenoxy) is 1. The Bertz CT molecular complexity index is 1010. The molecule has 0 aliphatic rings. The fraction of sp³-hybridized carbons (Fsp3) is 0.300. The minimum atomic E-state index is -0.306. The van der Waals surface area contributed by atoms with Crippen LogP contribution in [0.3, 0.4) is 0 Å². The molecule has 0 radical (unpaired) electrons. The van der Waals surface area contributed by atoms with Crippen molar-refractivity contribution in [3.05, 3.63) is 53.5 Å². The van der Waals surface area contributed by atoms with E-state index in [-0.39, 0.29) is 24.8 Å². The molecule has 0 spiro atoms. The predicted octanol–water partition coefficient (Wildman–Crippen LogP) is 2.06. The highest BCUT2D eigenvalue weighted by Gasteiger charge is 2.17. The van der Waals surface area contributed by atoms with Crippen molar-refractivity contribution >= 4 is 28.6 Å². The molecule has 1 aromatic carbocycles. The Morgan fingerprint density at radius 2 is 2.11 bits per heavy atom. The van der Waals surface area contributed by atoms with Gasteiger partial charge in [0.15, 0.2) is 5.78 Å². The number of imidazole rings is 1.